The van der Waals surface area contributed by atoms with E-state index in [1.54, 1.807) is 19.1 Å². The molecule has 18 heavy (non-hydrogen) atoms. The molecular weight excluding hydrogens is 234 g/mol. The Labute approximate surface area is 102 Å². The van der Waals surface area contributed by atoms with Crippen molar-refractivity contribution in [3.05, 3.63) is 52.1 Å². The van der Waals surface area contributed by atoms with Crippen molar-refractivity contribution in [2.45, 2.75) is 6.92 Å². The van der Waals surface area contributed by atoms with Crippen LogP contribution in [0.25, 0.3) is 0 Å². The molecule has 0 radical (unpaired) electrons. The van der Waals surface area contributed by atoms with Crippen LogP contribution in [0.15, 0.2) is 35.1 Å². The fraction of sp³-hybridized carbons (Fsp3) is 0.0833. The van der Waals surface area contributed by atoms with Crippen LogP contribution in [0.1, 0.15) is 16.2 Å². The van der Waals surface area contributed by atoms with Crippen LogP contribution < -0.4 is 10.9 Å². The lowest BCUT2D eigenvalue weighted by Crippen LogP contribution is -2.10. The molecule has 0 aliphatic rings. The van der Waals surface area contributed by atoms with Gasteiger partial charge in [0.25, 0.3) is 5.56 Å². The smallest absolute Gasteiger partial charge is 0.335 e. The topological polar surface area (TPSA) is 95.1 Å². The highest BCUT2D eigenvalue weighted by atomic mass is 16.4. The van der Waals surface area contributed by atoms with E-state index in [-0.39, 0.29) is 11.1 Å². The van der Waals surface area contributed by atoms with Gasteiger partial charge in [0, 0.05) is 11.8 Å². The van der Waals surface area contributed by atoms with Gasteiger partial charge in [-0.25, -0.2) is 9.78 Å². The molecule has 0 bridgehead atoms. The Bertz CT molecular complexity index is 649. The number of carboxylic acid groups (broad SMARTS) is 1. The molecule has 1 heterocycles. The van der Waals surface area contributed by atoms with E-state index in [1.165, 1.54) is 18.2 Å². The summed E-state index contributed by atoms with van der Waals surface area (Å²) in [5.74, 6) is -0.146. The maximum Gasteiger partial charge on any atom is 0.335 e. The standard InChI is InChI=1S/C12H11N3O3/c1-7-13-10(6-11(16)14-7)15-9-4-2-3-8(5-9)12(17)18/h2-6H,1H3,(H,17,18)(H2,13,14,15,16). The molecule has 2 rings (SSSR count). The lowest BCUT2D eigenvalue weighted by Gasteiger charge is -2.06. The second-order valence-electron chi connectivity index (χ2n) is 3.73. The Morgan fingerprint density at radius 3 is 2.83 bits per heavy atom. The molecule has 0 spiro atoms. The van der Waals surface area contributed by atoms with Crippen molar-refractivity contribution in [3.8, 4) is 0 Å². The van der Waals surface area contributed by atoms with E-state index in [2.05, 4.69) is 15.3 Å². The number of hydrogen-bond donors (Lipinski definition) is 3. The van der Waals surface area contributed by atoms with Crippen molar-refractivity contribution in [2.75, 3.05) is 5.32 Å². The van der Waals surface area contributed by atoms with Crippen molar-refractivity contribution in [2.24, 2.45) is 0 Å². The Balaban J connectivity index is 2.31. The van der Waals surface area contributed by atoms with Gasteiger partial charge in [-0.2, -0.15) is 0 Å². The minimum Gasteiger partial charge on any atom is -0.478 e. The summed E-state index contributed by atoms with van der Waals surface area (Å²) in [6.45, 7) is 1.67. The molecule has 0 saturated carbocycles. The predicted octanol–water partition coefficient (Wildman–Crippen LogP) is 1.52. The second kappa shape index (κ2) is 4.70. The minimum atomic E-state index is -1.01. The first kappa shape index (κ1) is 11.8. The lowest BCUT2D eigenvalue weighted by atomic mass is 10.2. The number of anilines is 2. The summed E-state index contributed by atoms with van der Waals surface area (Å²) in [5.41, 5.74) is 0.466. The van der Waals surface area contributed by atoms with Gasteiger partial charge in [-0.3, -0.25) is 4.79 Å². The molecule has 0 unspecified atom stereocenters. The largest absolute Gasteiger partial charge is 0.478 e. The van der Waals surface area contributed by atoms with Gasteiger partial charge in [0.1, 0.15) is 11.6 Å². The molecule has 1 aromatic heterocycles. The third kappa shape index (κ3) is 2.73. The number of benzene rings is 1. The number of carbonyl (C=O) groups is 1. The number of aromatic carboxylic acids is 1. The van der Waals surface area contributed by atoms with E-state index in [0.717, 1.165) is 0 Å². The van der Waals surface area contributed by atoms with E-state index in [1.807, 2.05) is 0 Å². The zero-order chi connectivity index (χ0) is 13.1. The highest BCUT2D eigenvalue weighted by Gasteiger charge is 2.04. The highest BCUT2D eigenvalue weighted by molar-refractivity contribution is 5.89. The molecule has 0 aliphatic carbocycles. The Morgan fingerprint density at radius 2 is 2.17 bits per heavy atom. The minimum absolute atomic E-state index is 0.168. The number of aryl methyl sites for hydroxylation is 1. The molecule has 92 valence electrons. The van der Waals surface area contributed by atoms with Gasteiger partial charge >= 0.3 is 5.97 Å². The zero-order valence-electron chi connectivity index (χ0n) is 9.60. The monoisotopic (exact) mass is 245 g/mol. The van der Waals surface area contributed by atoms with E-state index in [0.29, 0.717) is 17.3 Å². The van der Waals surface area contributed by atoms with Crippen LogP contribution in [-0.4, -0.2) is 21.0 Å². The van der Waals surface area contributed by atoms with Gasteiger partial charge < -0.3 is 15.4 Å². The van der Waals surface area contributed by atoms with E-state index >= 15 is 0 Å². The van der Waals surface area contributed by atoms with E-state index in [9.17, 15) is 9.59 Å². The summed E-state index contributed by atoms with van der Waals surface area (Å²) in [5, 5.41) is 11.8. The quantitative estimate of drug-likeness (QED) is 0.762. The van der Waals surface area contributed by atoms with Gasteiger partial charge in [-0.05, 0) is 25.1 Å². The van der Waals surface area contributed by atoms with Crippen molar-refractivity contribution < 1.29 is 9.90 Å². The lowest BCUT2D eigenvalue weighted by molar-refractivity contribution is 0.0697. The van der Waals surface area contributed by atoms with Gasteiger partial charge in [0.05, 0.1) is 5.56 Å². The molecule has 0 amide bonds. The number of nitrogens with zero attached hydrogens (tertiary/aromatic N) is 1. The van der Waals surface area contributed by atoms with Crippen LogP contribution in [0.2, 0.25) is 0 Å². The summed E-state index contributed by atoms with van der Waals surface area (Å²) >= 11 is 0. The first-order valence-electron chi connectivity index (χ1n) is 5.23. The van der Waals surface area contributed by atoms with Crippen LogP contribution in [0, 0.1) is 6.92 Å². The van der Waals surface area contributed by atoms with E-state index < -0.39 is 5.97 Å². The molecule has 0 saturated heterocycles. The molecule has 0 aliphatic heterocycles. The van der Waals surface area contributed by atoms with Crippen LogP contribution in [-0.2, 0) is 0 Å². The first-order valence-corrected chi connectivity index (χ1v) is 5.23. The zero-order valence-corrected chi connectivity index (χ0v) is 9.60. The van der Waals surface area contributed by atoms with Gasteiger partial charge in [0.15, 0.2) is 0 Å². The summed E-state index contributed by atoms with van der Waals surface area (Å²) in [7, 11) is 0. The molecule has 0 atom stereocenters. The first-order chi connectivity index (χ1) is 8.54. The average molecular weight is 245 g/mol. The predicted molar refractivity (Wildman–Crippen MR) is 66.3 cm³/mol. The number of H-pyrrole nitrogens is 1. The molecule has 6 nitrogen and oxygen atoms in total. The van der Waals surface area contributed by atoms with Crippen molar-refractivity contribution >= 4 is 17.5 Å². The maximum absolute atomic E-state index is 11.2. The Hall–Kier alpha value is -2.63. The third-order valence-electron chi connectivity index (χ3n) is 2.24. The van der Waals surface area contributed by atoms with Crippen molar-refractivity contribution in [1.82, 2.24) is 9.97 Å². The van der Waals surface area contributed by atoms with Gasteiger partial charge in [-0.15, -0.1) is 0 Å². The highest BCUT2D eigenvalue weighted by Crippen LogP contribution is 2.15. The fourth-order valence-electron chi connectivity index (χ4n) is 1.52. The molecule has 6 heteroatoms. The SMILES string of the molecule is Cc1nc(Nc2cccc(C(=O)O)c2)cc(=O)[nH]1. The summed E-state index contributed by atoms with van der Waals surface area (Å²) < 4.78 is 0. The van der Waals surface area contributed by atoms with Crippen LogP contribution >= 0.6 is 0 Å². The average Bonchev–Trinajstić information content (AvgIpc) is 2.27. The second-order valence-corrected chi connectivity index (χ2v) is 3.73. The molecule has 0 fully saturated rings. The summed E-state index contributed by atoms with van der Waals surface area (Å²) in [4.78, 5) is 28.7. The van der Waals surface area contributed by atoms with Gasteiger partial charge in [0.2, 0.25) is 0 Å². The summed E-state index contributed by atoms with van der Waals surface area (Å²) in [6.07, 6.45) is 0. The number of hydrogen-bond acceptors (Lipinski definition) is 4. The maximum atomic E-state index is 11.2. The van der Waals surface area contributed by atoms with Crippen molar-refractivity contribution in [3.63, 3.8) is 0 Å². The molecule has 3 N–H and O–H groups in total. The van der Waals surface area contributed by atoms with Crippen LogP contribution in [0.4, 0.5) is 11.5 Å². The third-order valence-corrected chi connectivity index (χ3v) is 2.24. The number of rotatable bonds is 3. The fourth-order valence-corrected chi connectivity index (χ4v) is 1.52. The number of carboxylic acids is 1. The van der Waals surface area contributed by atoms with E-state index in [4.69, 9.17) is 5.11 Å². The van der Waals surface area contributed by atoms with Crippen LogP contribution in [0.5, 0.6) is 0 Å². The van der Waals surface area contributed by atoms with Crippen LogP contribution in [0.3, 0.4) is 0 Å². The Kier molecular flexibility index (Phi) is 3.09. The van der Waals surface area contributed by atoms with Crippen molar-refractivity contribution in [1.29, 1.82) is 0 Å². The number of aromatic amines is 1. The molecule has 1 aromatic carbocycles. The van der Waals surface area contributed by atoms with Gasteiger partial charge in [-0.1, -0.05) is 6.07 Å². The normalized spacial score (nSPS) is 10.1. The summed E-state index contributed by atoms with van der Waals surface area (Å²) in [6, 6.07) is 7.58. The molecule has 2 aromatic rings. The Morgan fingerprint density at radius 1 is 1.39 bits per heavy atom. The molecular formula is C12H11N3O3. The number of nitrogens with one attached hydrogen (secondary N) is 2. The number of aromatic nitrogens is 2.